The lowest BCUT2D eigenvalue weighted by Gasteiger charge is -2.16. The highest BCUT2D eigenvalue weighted by Crippen LogP contribution is 2.26. The number of nitrogens with zero attached hydrogens (tertiary/aromatic N) is 1. The number of aromatic nitrogens is 1. The molecule has 4 heteroatoms. The Bertz CT molecular complexity index is 557. The highest BCUT2D eigenvalue weighted by atomic mass is 79.9. The standard InChI is InChI=1S/C14H14BrFN2/c1-2-9-4-3-7-18-14(9)13(17)11-8-10(15)5-6-12(11)16/h3-8,13H,2,17H2,1H3. The van der Waals surface area contributed by atoms with Crippen LogP contribution in [0, 0.1) is 5.82 Å². The van der Waals surface area contributed by atoms with Gasteiger partial charge < -0.3 is 5.73 Å². The van der Waals surface area contributed by atoms with E-state index in [-0.39, 0.29) is 5.82 Å². The van der Waals surface area contributed by atoms with Gasteiger partial charge in [0.2, 0.25) is 0 Å². The fraction of sp³-hybridized carbons (Fsp3) is 0.214. The molecule has 94 valence electrons. The van der Waals surface area contributed by atoms with Crippen molar-refractivity contribution in [3.05, 3.63) is 63.6 Å². The predicted molar refractivity (Wildman–Crippen MR) is 73.7 cm³/mol. The third-order valence-corrected chi connectivity index (χ3v) is 3.39. The fourth-order valence-corrected chi connectivity index (χ4v) is 2.31. The maximum atomic E-state index is 13.8. The molecule has 1 heterocycles. The van der Waals surface area contributed by atoms with E-state index in [1.165, 1.54) is 6.07 Å². The summed E-state index contributed by atoms with van der Waals surface area (Å²) in [5.74, 6) is -0.307. The highest BCUT2D eigenvalue weighted by Gasteiger charge is 2.17. The summed E-state index contributed by atoms with van der Waals surface area (Å²) in [5, 5.41) is 0. The molecule has 0 bridgehead atoms. The van der Waals surface area contributed by atoms with Gasteiger partial charge in [0.1, 0.15) is 5.82 Å². The van der Waals surface area contributed by atoms with Gasteiger partial charge in [-0.15, -0.1) is 0 Å². The van der Waals surface area contributed by atoms with E-state index in [0.29, 0.717) is 5.56 Å². The first-order valence-corrected chi connectivity index (χ1v) is 6.57. The molecule has 1 unspecified atom stereocenters. The van der Waals surface area contributed by atoms with Gasteiger partial charge in [-0.3, -0.25) is 4.98 Å². The van der Waals surface area contributed by atoms with E-state index in [0.717, 1.165) is 22.2 Å². The van der Waals surface area contributed by atoms with Crippen LogP contribution in [0.15, 0.2) is 41.0 Å². The summed E-state index contributed by atoms with van der Waals surface area (Å²) in [7, 11) is 0. The second-order valence-electron chi connectivity index (χ2n) is 4.04. The Labute approximate surface area is 114 Å². The molecule has 2 nitrogen and oxygen atoms in total. The molecule has 0 spiro atoms. The first kappa shape index (κ1) is 13.2. The molecule has 1 aromatic heterocycles. The van der Waals surface area contributed by atoms with E-state index in [9.17, 15) is 4.39 Å². The van der Waals surface area contributed by atoms with Gasteiger partial charge in [0.05, 0.1) is 11.7 Å². The molecule has 0 aliphatic rings. The predicted octanol–water partition coefficient (Wildman–Crippen LogP) is 3.59. The Morgan fingerprint density at radius 3 is 2.89 bits per heavy atom. The third kappa shape index (κ3) is 2.60. The number of rotatable bonds is 3. The minimum Gasteiger partial charge on any atom is -0.319 e. The zero-order chi connectivity index (χ0) is 13.1. The van der Waals surface area contributed by atoms with Crippen molar-refractivity contribution < 1.29 is 4.39 Å². The Morgan fingerprint density at radius 1 is 1.39 bits per heavy atom. The number of hydrogen-bond donors (Lipinski definition) is 1. The summed E-state index contributed by atoms with van der Waals surface area (Å²) < 4.78 is 14.6. The Balaban J connectivity index is 2.47. The van der Waals surface area contributed by atoms with Gasteiger partial charge in [0, 0.05) is 16.2 Å². The summed E-state index contributed by atoms with van der Waals surface area (Å²) in [6, 6.07) is 8.07. The monoisotopic (exact) mass is 308 g/mol. The molecule has 0 fully saturated rings. The van der Waals surface area contributed by atoms with Crippen LogP contribution in [0.5, 0.6) is 0 Å². The molecule has 0 saturated heterocycles. The maximum Gasteiger partial charge on any atom is 0.128 e. The molecule has 1 aromatic carbocycles. The Hall–Kier alpha value is -1.26. The van der Waals surface area contributed by atoms with Crippen LogP contribution in [0.1, 0.15) is 29.8 Å². The average molecular weight is 309 g/mol. The van der Waals surface area contributed by atoms with Gasteiger partial charge in [0.15, 0.2) is 0 Å². The minimum atomic E-state index is -0.543. The maximum absolute atomic E-state index is 13.8. The topological polar surface area (TPSA) is 38.9 Å². The van der Waals surface area contributed by atoms with Crippen LogP contribution in [-0.4, -0.2) is 4.98 Å². The van der Waals surface area contributed by atoms with Crippen LogP contribution >= 0.6 is 15.9 Å². The number of aryl methyl sites for hydroxylation is 1. The molecule has 1 atom stereocenters. The normalized spacial score (nSPS) is 12.4. The van der Waals surface area contributed by atoms with Gasteiger partial charge in [-0.25, -0.2) is 4.39 Å². The lowest BCUT2D eigenvalue weighted by Crippen LogP contribution is -2.17. The third-order valence-electron chi connectivity index (χ3n) is 2.89. The van der Waals surface area contributed by atoms with Crippen LogP contribution in [0.3, 0.4) is 0 Å². The van der Waals surface area contributed by atoms with Crippen molar-refractivity contribution in [3.63, 3.8) is 0 Å². The van der Waals surface area contributed by atoms with Crippen molar-refractivity contribution >= 4 is 15.9 Å². The summed E-state index contributed by atoms with van der Waals surface area (Å²) in [6.45, 7) is 2.03. The van der Waals surface area contributed by atoms with Crippen LogP contribution in [-0.2, 0) is 6.42 Å². The molecule has 0 saturated carbocycles. The van der Waals surface area contributed by atoms with Crippen molar-refractivity contribution in [2.45, 2.75) is 19.4 Å². The second-order valence-corrected chi connectivity index (χ2v) is 4.96. The average Bonchev–Trinajstić information content (AvgIpc) is 2.40. The van der Waals surface area contributed by atoms with Crippen molar-refractivity contribution in [1.29, 1.82) is 0 Å². The number of hydrogen-bond acceptors (Lipinski definition) is 2. The quantitative estimate of drug-likeness (QED) is 0.941. The van der Waals surface area contributed by atoms with E-state index >= 15 is 0 Å². The zero-order valence-electron chi connectivity index (χ0n) is 10.0. The summed E-state index contributed by atoms with van der Waals surface area (Å²) in [4.78, 5) is 4.29. The molecule has 0 aliphatic carbocycles. The van der Waals surface area contributed by atoms with E-state index in [2.05, 4.69) is 20.9 Å². The molecule has 0 radical (unpaired) electrons. The molecule has 2 N–H and O–H groups in total. The molecule has 0 amide bonds. The first-order valence-electron chi connectivity index (χ1n) is 5.77. The van der Waals surface area contributed by atoms with Crippen LogP contribution in [0.2, 0.25) is 0 Å². The smallest absolute Gasteiger partial charge is 0.128 e. The number of halogens is 2. The van der Waals surface area contributed by atoms with E-state index in [1.807, 2.05) is 19.1 Å². The second kappa shape index (κ2) is 5.59. The number of nitrogens with two attached hydrogens (primary N) is 1. The van der Waals surface area contributed by atoms with E-state index in [1.54, 1.807) is 18.3 Å². The van der Waals surface area contributed by atoms with Gasteiger partial charge in [-0.2, -0.15) is 0 Å². The fourth-order valence-electron chi connectivity index (χ4n) is 1.93. The largest absolute Gasteiger partial charge is 0.319 e. The Morgan fingerprint density at radius 2 is 2.17 bits per heavy atom. The molecule has 0 aliphatic heterocycles. The van der Waals surface area contributed by atoms with E-state index in [4.69, 9.17) is 5.73 Å². The van der Waals surface area contributed by atoms with Crippen molar-refractivity contribution in [1.82, 2.24) is 4.98 Å². The molecule has 2 rings (SSSR count). The first-order chi connectivity index (χ1) is 8.63. The van der Waals surface area contributed by atoms with Gasteiger partial charge in [-0.05, 0) is 36.2 Å². The number of benzene rings is 1. The number of pyridine rings is 1. The minimum absolute atomic E-state index is 0.307. The molecule has 18 heavy (non-hydrogen) atoms. The van der Waals surface area contributed by atoms with E-state index < -0.39 is 6.04 Å². The van der Waals surface area contributed by atoms with Gasteiger partial charge in [-0.1, -0.05) is 28.9 Å². The van der Waals surface area contributed by atoms with Crippen LogP contribution in [0.25, 0.3) is 0 Å². The Kier molecular flexibility index (Phi) is 4.09. The zero-order valence-corrected chi connectivity index (χ0v) is 11.6. The molecular formula is C14H14BrFN2. The lowest BCUT2D eigenvalue weighted by molar-refractivity contribution is 0.595. The van der Waals surface area contributed by atoms with Gasteiger partial charge in [0.25, 0.3) is 0 Å². The summed E-state index contributed by atoms with van der Waals surface area (Å²) >= 11 is 3.33. The summed E-state index contributed by atoms with van der Waals surface area (Å²) in [6.07, 6.45) is 2.51. The van der Waals surface area contributed by atoms with Crippen LogP contribution in [0.4, 0.5) is 4.39 Å². The lowest BCUT2D eigenvalue weighted by atomic mass is 9.99. The molecule has 2 aromatic rings. The highest BCUT2D eigenvalue weighted by molar-refractivity contribution is 9.10. The van der Waals surface area contributed by atoms with Crippen molar-refractivity contribution in [2.75, 3.05) is 0 Å². The summed E-state index contributed by atoms with van der Waals surface area (Å²) in [5.41, 5.74) is 8.37. The van der Waals surface area contributed by atoms with Crippen LogP contribution < -0.4 is 5.73 Å². The van der Waals surface area contributed by atoms with Crippen molar-refractivity contribution in [2.24, 2.45) is 5.73 Å². The van der Waals surface area contributed by atoms with Gasteiger partial charge >= 0.3 is 0 Å². The molecular weight excluding hydrogens is 295 g/mol. The van der Waals surface area contributed by atoms with Crippen molar-refractivity contribution in [3.8, 4) is 0 Å². The SMILES string of the molecule is CCc1cccnc1C(N)c1cc(Br)ccc1F.